The summed E-state index contributed by atoms with van der Waals surface area (Å²) < 4.78 is 48.7. The minimum atomic E-state index is -4.51. The SMILES string of the molecule is COc1cccc(OC)c1CO/N=C/c1cc(C)cc(C(F)(F)F)n1. The number of hydrogen-bond donors (Lipinski definition) is 0. The number of benzene rings is 1. The predicted octanol–water partition coefficient (Wildman–Crippen LogP) is 3.98. The van der Waals surface area contributed by atoms with Gasteiger partial charge in [0.15, 0.2) is 0 Å². The van der Waals surface area contributed by atoms with Gasteiger partial charge in [0.05, 0.1) is 31.7 Å². The number of rotatable bonds is 6. The van der Waals surface area contributed by atoms with Crippen LogP contribution in [-0.4, -0.2) is 25.4 Å². The van der Waals surface area contributed by atoms with Crippen LogP contribution in [0.25, 0.3) is 0 Å². The predicted molar refractivity (Wildman–Crippen MR) is 85.9 cm³/mol. The molecule has 0 aliphatic rings. The molecule has 8 heteroatoms. The first-order chi connectivity index (χ1) is 11.8. The van der Waals surface area contributed by atoms with Gasteiger partial charge in [0.25, 0.3) is 0 Å². The summed E-state index contributed by atoms with van der Waals surface area (Å²) in [6.45, 7) is 1.58. The second-order valence-electron chi connectivity index (χ2n) is 5.10. The van der Waals surface area contributed by atoms with E-state index in [2.05, 4.69) is 10.1 Å². The molecule has 0 amide bonds. The van der Waals surface area contributed by atoms with Crippen LogP contribution in [-0.2, 0) is 17.6 Å². The van der Waals surface area contributed by atoms with Gasteiger partial charge in [-0.1, -0.05) is 11.2 Å². The lowest BCUT2D eigenvalue weighted by Crippen LogP contribution is -2.10. The number of methoxy groups -OCH3 is 2. The second kappa shape index (κ2) is 7.87. The van der Waals surface area contributed by atoms with Gasteiger partial charge in [0.2, 0.25) is 0 Å². The Hall–Kier alpha value is -2.77. The number of alkyl halides is 3. The van der Waals surface area contributed by atoms with E-state index in [0.29, 0.717) is 22.6 Å². The number of aryl methyl sites for hydroxylation is 1. The fourth-order valence-corrected chi connectivity index (χ4v) is 2.17. The Labute approximate surface area is 143 Å². The van der Waals surface area contributed by atoms with E-state index in [0.717, 1.165) is 12.3 Å². The molecule has 0 unspecified atom stereocenters. The number of ether oxygens (including phenoxy) is 2. The van der Waals surface area contributed by atoms with Crippen LogP contribution in [0.5, 0.6) is 11.5 Å². The number of aromatic nitrogens is 1. The van der Waals surface area contributed by atoms with Crippen molar-refractivity contribution in [2.45, 2.75) is 19.7 Å². The van der Waals surface area contributed by atoms with Crippen molar-refractivity contribution in [3.63, 3.8) is 0 Å². The topological polar surface area (TPSA) is 52.9 Å². The van der Waals surface area contributed by atoms with Crippen molar-refractivity contribution in [2.24, 2.45) is 5.16 Å². The van der Waals surface area contributed by atoms with Crippen molar-refractivity contribution in [1.82, 2.24) is 4.98 Å². The van der Waals surface area contributed by atoms with Gasteiger partial charge in [-0.05, 0) is 36.8 Å². The number of halogens is 3. The summed E-state index contributed by atoms with van der Waals surface area (Å²) in [5.74, 6) is 1.12. The maximum absolute atomic E-state index is 12.8. The molecular formula is C17H17F3N2O3. The highest BCUT2D eigenvalue weighted by Gasteiger charge is 2.32. The molecule has 5 nitrogen and oxygen atoms in total. The molecule has 0 radical (unpaired) electrons. The van der Waals surface area contributed by atoms with Gasteiger partial charge in [0, 0.05) is 0 Å². The fraction of sp³-hybridized carbons (Fsp3) is 0.294. The molecule has 0 atom stereocenters. The molecule has 134 valence electrons. The van der Waals surface area contributed by atoms with E-state index in [-0.39, 0.29) is 12.3 Å². The highest BCUT2D eigenvalue weighted by atomic mass is 19.4. The maximum Gasteiger partial charge on any atom is 0.433 e. The first kappa shape index (κ1) is 18.6. The molecule has 0 N–H and O–H groups in total. The Bertz CT molecular complexity index is 739. The molecule has 0 fully saturated rings. The average Bonchev–Trinajstić information content (AvgIpc) is 2.57. The highest BCUT2D eigenvalue weighted by molar-refractivity contribution is 5.76. The summed E-state index contributed by atoms with van der Waals surface area (Å²) in [7, 11) is 3.02. The second-order valence-corrected chi connectivity index (χ2v) is 5.10. The molecule has 0 spiro atoms. The van der Waals surface area contributed by atoms with Gasteiger partial charge in [-0.15, -0.1) is 0 Å². The standard InChI is InChI=1S/C17H17F3N2O3/c1-11-7-12(22-16(8-11)17(18,19)20)9-21-25-10-13-14(23-2)5-4-6-15(13)24-3/h4-9H,10H2,1-3H3/b21-9+. The van der Waals surface area contributed by atoms with Gasteiger partial charge in [0.1, 0.15) is 23.8 Å². The molecule has 0 saturated heterocycles. The largest absolute Gasteiger partial charge is 0.496 e. The van der Waals surface area contributed by atoms with E-state index < -0.39 is 11.9 Å². The van der Waals surface area contributed by atoms with Crippen LogP contribution in [0.1, 0.15) is 22.5 Å². The molecule has 1 aromatic heterocycles. The van der Waals surface area contributed by atoms with Crippen molar-refractivity contribution in [2.75, 3.05) is 14.2 Å². The Morgan fingerprint density at radius 2 is 1.76 bits per heavy atom. The van der Waals surface area contributed by atoms with Crippen LogP contribution < -0.4 is 9.47 Å². The average molecular weight is 354 g/mol. The Morgan fingerprint density at radius 1 is 1.12 bits per heavy atom. The smallest absolute Gasteiger partial charge is 0.433 e. The zero-order valence-corrected chi connectivity index (χ0v) is 13.9. The summed E-state index contributed by atoms with van der Waals surface area (Å²) in [6, 6.07) is 7.69. The Balaban J connectivity index is 2.12. The number of pyridine rings is 1. The zero-order chi connectivity index (χ0) is 18.4. The van der Waals surface area contributed by atoms with E-state index in [1.165, 1.54) is 20.3 Å². The number of hydrogen-bond acceptors (Lipinski definition) is 5. The van der Waals surface area contributed by atoms with Crippen LogP contribution in [0.2, 0.25) is 0 Å². The number of nitrogens with zero attached hydrogens (tertiary/aromatic N) is 2. The van der Waals surface area contributed by atoms with E-state index in [9.17, 15) is 13.2 Å². The van der Waals surface area contributed by atoms with E-state index in [1.807, 2.05) is 0 Å². The monoisotopic (exact) mass is 354 g/mol. The van der Waals surface area contributed by atoms with Gasteiger partial charge in [-0.25, -0.2) is 4.98 Å². The number of oxime groups is 1. The molecule has 2 aromatic rings. The molecule has 2 rings (SSSR count). The highest BCUT2D eigenvalue weighted by Crippen LogP contribution is 2.29. The quantitative estimate of drug-likeness (QED) is 0.582. The summed E-state index contributed by atoms with van der Waals surface area (Å²) in [5.41, 5.74) is 0.146. The van der Waals surface area contributed by atoms with E-state index in [1.54, 1.807) is 25.1 Å². The third kappa shape index (κ3) is 4.85. The summed E-state index contributed by atoms with van der Waals surface area (Å²) in [5, 5.41) is 3.69. The molecule has 1 aromatic carbocycles. The maximum atomic E-state index is 12.8. The first-order valence-corrected chi connectivity index (χ1v) is 7.26. The third-order valence-corrected chi connectivity index (χ3v) is 3.28. The van der Waals surface area contributed by atoms with Gasteiger partial charge in [-0.3, -0.25) is 0 Å². The first-order valence-electron chi connectivity index (χ1n) is 7.26. The molecule has 1 heterocycles. The molecular weight excluding hydrogens is 337 g/mol. The summed E-state index contributed by atoms with van der Waals surface area (Å²) in [6.07, 6.45) is -3.38. The fourth-order valence-electron chi connectivity index (χ4n) is 2.17. The van der Waals surface area contributed by atoms with Crippen LogP contribution in [0.3, 0.4) is 0 Å². The van der Waals surface area contributed by atoms with E-state index >= 15 is 0 Å². The summed E-state index contributed by atoms with van der Waals surface area (Å²) >= 11 is 0. The van der Waals surface area contributed by atoms with Gasteiger partial charge >= 0.3 is 6.18 Å². The Morgan fingerprint density at radius 3 is 2.32 bits per heavy atom. The van der Waals surface area contributed by atoms with Crippen LogP contribution >= 0.6 is 0 Å². The minimum absolute atomic E-state index is 0.0294. The van der Waals surface area contributed by atoms with Crippen molar-refractivity contribution < 1.29 is 27.5 Å². The van der Waals surface area contributed by atoms with Crippen molar-refractivity contribution in [3.05, 3.63) is 52.8 Å². The molecule has 0 bridgehead atoms. The molecule has 0 aliphatic heterocycles. The lowest BCUT2D eigenvalue weighted by atomic mass is 10.2. The molecule has 0 saturated carbocycles. The van der Waals surface area contributed by atoms with Crippen molar-refractivity contribution in [3.8, 4) is 11.5 Å². The van der Waals surface area contributed by atoms with Gasteiger partial charge < -0.3 is 14.3 Å². The molecule has 0 aliphatic carbocycles. The zero-order valence-electron chi connectivity index (χ0n) is 13.9. The Kier molecular flexibility index (Phi) is 5.84. The third-order valence-electron chi connectivity index (χ3n) is 3.28. The van der Waals surface area contributed by atoms with Crippen molar-refractivity contribution >= 4 is 6.21 Å². The normalized spacial score (nSPS) is 11.6. The van der Waals surface area contributed by atoms with Gasteiger partial charge in [-0.2, -0.15) is 13.2 Å². The lowest BCUT2D eigenvalue weighted by Gasteiger charge is -2.11. The van der Waals surface area contributed by atoms with Crippen LogP contribution in [0.4, 0.5) is 13.2 Å². The van der Waals surface area contributed by atoms with Crippen molar-refractivity contribution in [1.29, 1.82) is 0 Å². The lowest BCUT2D eigenvalue weighted by molar-refractivity contribution is -0.141. The van der Waals surface area contributed by atoms with Crippen LogP contribution in [0, 0.1) is 6.92 Å². The van der Waals surface area contributed by atoms with E-state index in [4.69, 9.17) is 14.3 Å². The van der Waals surface area contributed by atoms with Crippen LogP contribution in [0.15, 0.2) is 35.5 Å². The molecule has 25 heavy (non-hydrogen) atoms. The summed E-state index contributed by atoms with van der Waals surface area (Å²) in [4.78, 5) is 8.68. The minimum Gasteiger partial charge on any atom is -0.496 e.